The average Bonchev–Trinajstić information content (AvgIpc) is 3.34. The molecule has 0 saturated carbocycles. The number of hydrogen-bond donors (Lipinski definition) is 2. The van der Waals surface area contributed by atoms with Crippen molar-refractivity contribution in [3.8, 4) is 0 Å². The Morgan fingerprint density at radius 2 is 2.00 bits per heavy atom. The number of benzene rings is 1. The normalized spacial score (nSPS) is 13.4. The number of halogens is 1. The Bertz CT molecular complexity index is 989. The third-order valence-electron chi connectivity index (χ3n) is 5.57. The SMILES string of the molecule is C=C(Cl)C=C(C)c1ccc(CC(CC(CN(C)CCC)C(=O)OCC)NC(=O)c2cn[nH]n2)cc1. The standard InChI is InChI=1S/C26H36ClN5O3/c1-6-12-32(5)17-22(26(34)35-7-2)15-23(29-25(33)24-16-28-31-30-24)14-20-8-10-21(11-9-20)18(3)13-19(4)27/h8-11,13,16,22-23H,4,6-7,12,14-15,17H2,1-3,5H3,(H,29,33)(H,28,30,31). The van der Waals surface area contributed by atoms with Crippen LogP contribution in [0.5, 0.6) is 0 Å². The summed E-state index contributed by atoms with van der Waals surface area (Å²) in [4.78, 5) is 27.7. The summed E-state index contributed by atoms with van der Waals surface area (Å²) >= 11 is 5.90. The highest BCUT2D eigenvalue weighted by molar-refractivity contribution is 6.31. The van der Waals surface area contributed by atoms with Crippen molar-refractivity contribution in [2.24, 2.45) is 5.92 Å². The van der Waals surface area contributed by atoms with Crippen molar-refractivity contribution in [2.45, 2.75) is 46.1 Å². The van der Waals surface area contributed by atoms with E-state index in [4.69, 9.17) is 16.3 Å². The molecule has 2 atom stereocenters. The minimum absolute atomic E-state index is 0.197. The van der Waals surface area contributed by atoms with E-state index in [2.05, 4.69) is 39.1 Å². The highest BCUT2D eigenvalue weighted by Gasteiger charge is 2.27. The molecular weight excluding hydrogens is 466 g/mol. The van der Waals surface area contributed by atoms with E-state index in [-0.39, 0.29) is 29.5 Å². The van der Waals surface area contributed by atoms with Crippen molar-refractivity contribution in [3.05, 3.63) is 65.0 Å². The van der Waals surface area contributed by atoms with Gasteiger partial charge in [0, 0.05) is 17.6 Å². The Balaban J connectivity index is 2.24. The maximum absolute atomic E-state index is 12.8. The van der Waals surface area contributed by atoms with Gasteiger partial charge in [-0.2, -0.15) is 15.4 Å². The summed E-state index contributed by atoms with van der Waals surface area (Å²) < 4.78 is 5.36. The molecule has 1 amide bonds. The van der Waals surface area contributed by atoms with Gasteiger partial charge >= 0.3 is 5.97 Å². The number of aromatic nitrogens is 3. The highest BCUT2D eigenvalue weighted by Crippen LogP contribution is 2.20. The maximum Gasteiger partial charge on any atom is 0.310 e. The lowest BCUT2D eigenvalue weighted by Crippen LogP contribution is -2.42. The van der Waals surface area contributed by atoms with E-state index in [0.717, 1.165) is 29.7 Å². The number of nitrogens with one attached hydrogen (secondary N) is 2. The Labute approximate surface area is 212 Å². The lowest BCUT2D eigenvalue weighted by atomic mass is 9.93. The molecule has 1 aromatic heterocycles. The summed E-state index contributed by atoms with van der Waals surface area (Å²) in [6.45, 7) is 11.3. The van der Waals surface area contributed by atoms with Crippen LogP contribution >= 0.6 is 11.6 Å². The smallest absolute Gasteiger partial charge is 0.310 e. The van der Waals surface area contributed by atoms with Crippen LogP contribution in [0.25, 0.3) is 5.57 Å². The van der Waals surface area contributed by atoms with Crippen LogP contribution in [0.3, 0.4) is 0 Å². The second-order valence-corrected chi connectivity index (χ2v) is 9.13. The Kier molecular flexibility index (Phi) is 11.7. The van der Waals surface area contributed by atoms with Gasteiger partial charge in [0.25, 0.3) is 5.91 Å². The number of ether oxygens (including phenoxy) is 1. The van der Waals surface area contributed by atoms with Crippen molar-refractivity contribution in [2.75, 3.05) is 26.7 Å². The predicted molar refractivity (Wildman–Crippen MR) is 139 cm³/mol. The van der Waals surface area contributed by atoms with E-state index < -0.39 is 0 Å². The number of aromatic amines is 1. The van der Waals surface area contributed by atoms with Gasteiger partial charge in [-0.3, -0.25) is 9.59 Å². The van der Waals surface area contributed by atoms with Gasteiger partial charge in [0.2, 0.25) is 0 Å². The van der Waals surface area contributed by atoms with E-state index >= 15 is 0 Å². The summed E-state index contributed by atoms with van der Waals surface area (Å²) in [7, 11) is 1.99. The van der Waals surface area contributed by atoms with Crippen LogP contribution in [0.4, 0.5) is 0 Å². The zero-order chi connectivity index (χ0) is 25.8. The zero-order valence-corrected chi connectivity index (χ0v) is 21.8. The second-order valence-electron chi connectivity index (χ2n) is 8.65. The number of carbonyl (C=O) groups is 2. The molecule has 0 radical (unpaired) electrons. The first-order valence-electron chi connectivity index (χ1n) is 11.9. The fraction of sp³-hybridized carbons (Fsp3) is 0.462. The lowest BCUT2D eigenvalue weighted by molar-refractivity contribution is -0.149. The molecule has 190 valence electrons. The third kappa shape index (κ3) is 9.66. The number of allylic oxidation sites excluding steroid dienone is 3. The van der Waals surface area contributed by atoms with Gasteiger partial charge in [-0.1, -0.05) is 49.4 Å². The molecule has 1 aromatic carbocycles. The van der Waals surface area contributed by atoms with Crippen LogP contribution < -0.4 is 5.32 Å². The number of amides is 1. The van der Waals surface area contributed by atoms with E-state index in [9.17, 15) is 9.59 Å². The van der Waals surface area contributed by atoms with Crippen LogP contribution in [0.2, 0.25) is 0 Å². The first-order valence-corrected chi connectivity index (χ1v) is 12.2. The summed E-state index contributed by atoms with van der Waals surface area (Å²) in [6, 6.07) is 7.74. The number of hydrogen-bond acceptors (Lipinski definition) is 6. The van der Waals surface area contributed by atoms with Crippen LogP contribution in [0.15, 0.2) is 48.1 Å². The molecule has 8 nitrogen and oxygen atoms in total. The van der Waals surface area contributed by atoms with Crippen molar-refractivity contribution in [1.82, 2.24) is 25.6 Å². The average molecular weight is 502 g/mol. The minimum atomic E-state index is -0.381. The number of H-pyrrole nitrogens is 1. The molecular formula is C26H36ClN5O3. The van der Waals surface area contributed by atoms with Crippen LogP contribution in [-0.4, -0.2) is 65.0 Å². The number of esters is 1. The summed E-state index contributed by atoms with van der Waals surface area (Å²) in [5.74, 6) is -0.980. The van der Waals surface area contributed by atoms with Crippen molar-refractivity contribution < 1.29 is 14.3 Å². The zero-order valence-electron chi connectivity index (χ0n) is 21.0. The first-order chi connectivity index (χ1) is 16.7. The summed E-state index contributed by atoms with van der Waals surface area (Å²) in [6.07, 6.45) is 5.15. The van der Waals surface area contributed by atoms with Crippen molar-refractivity contribution >= 4 is 29.1 Å². The van der Waals surface area contributed by atoms with Crippen LogP contribution in [0.1, 0.15) is 55.2 Å². The quantitative estimate of drug-likeness (QED) is 0.297. The summed E-state index contributed by atoms with van der Waals surface area (Å²) in [5.41, 5.74) is 3.27. The molecule has 35 heavy (non-hydrogen) atoms. The lowest BCUT2D eigenvalue weighted by Gasteiger charge is -2.27. The third-order valence-corrected chi connectivity index (χ3v) is 5.68. The van der Waals surface area contributed by atoms with Gasteiger partial charge in [0.15, 0.2) is 5.69 Å². The molecule has 0 aliphatic rings. The largest absolute Gasteiger partial charge is 0.466 e. The van der Waals surface area contributed by atoms with E-state index in [1.54, 1.807) is 6.92 Å². The van der Waals surface area contributed by atoms with Crippen LogP contribution in [0, 0.1) is 5.92 Å². The van der Waals surface area contributed by atoms with Gasteiger partial charge in [-0.05, 0) is 69.5 Å². The monoisotopic (exact) mass is 501 g/mol. The topological polar surface area (TPSA) is 100 Å². The molecule has 1 heterocycles. The Morgan fingerprint density at radius 1 is 1.29 bits per heavy atom. The molecule has 2 rings (SSSR count). The second kappa shape index (κ2) is 14.4. The molecule has 0 aliphatic heterocycles. The van der Waals surface area contributed by atoms with Gasteiger partial charge in [-0.15, -0.1) is 0 Å². The number of carbonyl (C=O) groups excluding carboxylic acids is 2. The molecule has 0 fully saturated rings. The number of nitrogens with zero attached hydrogens (tertiary/aromatic N) is 3. The first kappa shape index (κ1) is 28.3. The molecule has 9 heteroatoms. The molecule has 0 aliphatic carbocycles. The number of rotatable bonds is 14. The Morgan fingerprint density at radius 3 is 2.57 bits per heavy atom. The van der Waals surface area contributed by atoms with Gasteiger partial charge < -0.3 is 15.0 Å². The molecule has 2 N–H and O–H groups in total. The molecule has 0 bridgehead atoms. The molecule has 0 saturated heterocycles. The predicted octanol–water partition coefficient (Wildman–Crippen LogP) is 4.21. The van der Waals surface area contributed by atoms with Crippen molar-refractivity contribution in [1.29, 1.82) is 0 Å². The highest BCUT2D eigenvalue weighted by atomic mass is 35.5. The fourth-order valence-corrected chi connectivity index (χ4v) is 4.13. The van der Waals surface area contributed by atoms with E-state index in [1.165, 1.54) is 6.20 Å². The summed E-state index contributed by atoms with van der Waals surface area (Å²) in [5, 5.41) is 13.6. The fourth-order valence-electron chi connectivity index (χ4n) is 3.97. The van der Waals surface area contributed by atoms with Gasteiger partial charge in [0.05, 0.1) is 18.7 Å². The Hall–Kier alpha value is -2.97. The van der Waals surface area contributed by atoms with E-state index in [1.807, 2.05) is 44.3 Å². The van der Waals surface area contributed by atoms with E-state index in [0.29, 0.717) is 31.0 Å². The van der Waals surface area contributed by atoms with Crippen molar-refractivity contribution in [3.63, 3.8) is 0 Å². The van der Waals surface area contributed by atoms with Crippen LogP contribution in [-0.2, 0) is 16.0 Å². The van der Waals surface area contributed by atoms with Gasteiger partial charge in [-0.25, -0.2) is 0 Å². The molecule has 2 aromatic rings. The molecule has 2 unspecified atom stereocenters. The molecule has 0 spiro atoms. The minimum Gasteiger partial charge on any atom is -0.466 e. The van der Waals surface area contributed by atoms with Gasteiger partial charge in [0.1, 0.15) is 0 Å². The maximum atomic E-state index is 12.8.